The van der Waals surface area contributed by atoms with E-state index in [9.17, 15) is 22.8 Å². The highest BCUT2D eigenvalue weighted by Crippen LogP contribution is 2.34. The summed E-state index contributed by atoms with van der Waals surface area (Å²) in [6, 6.07) is 18.8. The fraction of sp³-hybridized carbons (Fsp3) is 0.154. The Hall–Kier alpha value is -4.35. The molecule has 0 saturated heterocycles. The van der Waals surface area contributed by atoms with Crippen molar-refractivity contribution in [1.82, 2.24) is 4.31 Å². The lowest BCUT2D eigenvalue weighted by molar-refractivity contribution is -0.124. The molecule has 3 N–H and O–H groups in total. The van der Waals surface area contributed by atoms with Crippen molar-refractivity contribution in [3.05, 3.63) is 89.5 Å². The van der Waals surface area contributed by atoms with Gasteiger partial charge in [-0.3, -0.25) is 19.4 Å². The number of benzene rings is 3. The second-order valence-corrected chi connectivity index (χ2v) is 10.4. The van der Waals surface area contributed by atoms with E-state index in [2.05, 4.69) is 10.3 Å². The molecule has 0 radical (unpaired) electrons. The molecule has 11 heteroatoms. The minimum atomic E-state index is -4.17. The van der Waals surface area contributed by atoms with Gasteiger partial charge in [0.15, 0.2) is 6.04 Å². The van der Waals surface area contributed by atoms with Crippen molar-refractivity contribution in [3.63, 3.8) is 0 Å². The summed E-state index contributed by atoms with van der Waals surface area (Å²) >= 11 is 0. The Morgan fingerprint density at radius 1 is 1.03 bits per heavy atom. The standard InChI is InChI=1S/C26H23N5O5S/c27-15-23(32)29-20-8-6-18(7-9-20)25(33)30-13-12-19-14-21(10-11-22(19)30)37(35,36)31-16-28-24(26(31)34)17-4-2-1-3-5-17/h1-11,14,16,24H,12-13,15,27H2,(H,29,32). The minimum absolute atomic E-state index is 0.0472. The molecule has 2 aliphatic heterocycles. The van der Waals surface area contributed by atoms with Crippen LogP contribution in [0.25, 0.3) is 0 Å². The summed E-state index contributed by atoms with van der Waals surface area (Å²) in [4.78, 5) is 43.1. The summed E-state index contributed by atoms with van der Waals surface area (Å²) in [6.07, 6.45) is 1.52. The van der Waals surface area contributed by atoms with Crippen LogP contribution in [0.3, 0.4) is 0 Å². The molecule has 1 atom stereocenters. The van der Waals surface area contributed by atoms with E-state index in [0.29, 0.717) is 45.3 Å². The Morgan fingerprint density at radius 2 is 1.76 bits per heavy atom. The number of aliphatic imine (C=N–C) groups is 1. The number of nitrogens with one attached hydrogen (secondary N) is 1. The van der Waals surface area contributed by atoms with Gasteiger partial charge in [0.25, 0.3) is 21.8 Å². The van der Waals surface area contributed by atoms with Crippen molar-refractivity contribution in [2.75, 3.05) is 23.3 Å². The molecule has 0 saturated carbocycles. The molecule has 1 unspecified atom stereocenters. The Labute approximate surface area is 213 Å². The van der Waals surface area contributed by atoms with E-state index < -0.39 is 22.0 Å². The molecule has 0 fully saturated rings. The summed E-state index contributed by atoms with van der Waals surface area (Å²) in [7, 11) is -4.17. The van der Waals surface area contributed by atoms with Gasteiger partial charge in [0.05, 0.1) is 11.4 Å². The smallest absolute Gasteiger partial charge is 0.271 e. The van der Waals surface area contributed by atoms with Crippen molar-refractivity contribution in [1.29, 1.82) is 0 Å². The number of hydrogen-bond donors (Lipinski definition) is 2. The molecule has 0 aliphatic carbocycles. The van der Waals surface area contributed by atoms with Gasteiger partial charge in [0, 0.05) is 23.5 Å². The summed E-state index contributed by atoms with van der Waals surface area (Å²) < 4.78 is 27.2. The Kier molecular flexibility index (Phi) is 6.32. The highest BCUT2D eigenvalue weighted by atomic mass is 32.2. The summed E-state index contributed by atoms with van der Waals surface area (Å²) in [6.45, 7) is 0.235. The maximum absolute atomic E-state index is 13.3. The van der Waals surface area contributed by atoms with E-state index in [1.807, 2.05) is 0 Å². The molecular formula is C26H23N5O5S. The van der Waals surface area contributed by atoms with Crippen molar-refractivity contribution in [2.45, 2.75) is 17.4 Å². The molecule has 0 aromatic heterocycles. The summed E-state index contributed by atoms with van der Waals surface area (Å²) in [5.74, 6) is -1.23. The number of nitrogens with two attached hydrogens (primary N) is 1. The van der Waals surface area contributed by atoms with Gasteiger partial charge in [-0.1, -0.05) is 30.3 Å². The Morgan fingerprint density at radius 3 is 2.46 bits per heavy atom. The van der Waals surface area contributed by atoms with E-state index >= 15 is 0 Å². The predicted octanol–water partition coefficient (Wildman–Crippen LogP) is 2.09. The quantitative estimate of drug-likeness (QED) is 0.513. The van der Waals surface area contributed by atoms with Crippen LogP contribution in [0.15, 0.2) is 82.7 Å². The second kappa shape index (κ2) is 9.60. The summed E-state index contributed by atoms with van der Waals surface area (Å²) in [5.41, 5.74) is 8.14. The highest BCUT2D eigenvalue weighted by molar-refractivity contribution is 7.90. The highest BCUT2D eigenvalue weighted by Gasteiger charge is 2.38. The lowest BCUT2D eigenvalue weighted by Gasteiger charge is -2.19. The molecule has 3 aromatic carbocycles. The van der Waals surface area contributed by atoms with Gasteiger partial charge in [-0.2, -0.15) is 4.31 Å². The average Bonchev–Trinajstić information content (AvgIpc) is 3.52. The zero-order chi connectivity index (χ0) is 26.2. The zero-order valence-corrected chi connectivity index (χ0v) is 20.4. The van der Waals surface area contributed by atoms with Crippen molar-refractivity contribution in [3.8, 4) is 0 Å². The topological polar surface area (TPSA) is 142 Å². The maximum Gasteiger partial charge on any atom is 0.271 e. The van der Waals surface area contributed by atoms with E-state index in [-0.39, 0.29) is 23.3 Å². The first-order valence-electron chi connectivity index (χ1n) is 11.5. The van der Waals surface area contributed by atoms with Gasteiger partial charge in [-0.05, 0) is 60.0 Å². The maximum atomic E-state index is 13.3. The first-order chi connectivity index (χ1) is 17.8. The first-order valence-corrected chi connectivity index (χ1v) is 12.9. The average molecular weight is 518 g/mol. The number of amides is 3. The van der Waals surface area contributed by atoms with Crippen LogP contribution in [0.2, 0.25) is 0 Å². The third kappa shape index (κ3) is 4.50. The predicted molar refractivity (Wildman–Crippen MR) is 138 cm³/mol. The normalized spacial score (nSPS) is 16.7. The molecule has 0 bridgehead atoms. The number of sulfonamides is 1. The van der Waals surface area contributed by atoms with Crippen molar-refractivity contribution >= 4 is 45.5 Å². The van der Waals surface area contributed by atoms with Crippen molar-refractivity contribution in [2.24, 2.45) is 10.7 Å². The number of nitrogens with zero attached hydrogens (tertiary/aromatic N) is 3. The molecule has 188 valence electrons. The number of hydrogen-bond acceptors (Lipinski definition) is 7. The lowest BCUT2D eigenvalue weighted by atomic mass is 10.1. The van der Waals surface area contributed by atoms with E-state index in [0.717, 1.165) is 6.34 Å². The van der Waals surface area contributed by atoms with Gasteiger partial charge in [-0.15, -0.1) is 0 Å². The fourth-order valence-corrected chi connectivity index (χ4v) is 5.61. The van der Waals surface area contributed by atoms with Crippen LogP contribution in [0.5, 0.6) is 0 Å². The number of fused-ring (bicyclic) bond motifs is 1. The third-order valence-corrected chi connectivity index (χ3v) is 7.88. The van der Waals surface area contributed by atoms with Gasteiger partial charge in [0.2, 0.25) is 5.91 Å². The SMILES string of the molecule is NCC(=O)Nc1ccc(C(=O)N2CCc3cc(S(=O)(=O)N4C=NC(c5ccccc5)C4=O)ccc32)cc1. The fourth-order valence-electron chi connectivity index (χ4n) is 4.34. The molecule has 3 amide bonds. The van der Waals surface area contributed by atoms with Gasteiger partial charge in [-0.25, -0.2) is 8.42 Å². The molecule has 10 nitrogen and oxygen atoms in total. The van der Waals surface area contributed by atoms with Crippen LogP contribution in [-0.2, 0) is 26.0 Å². The number of carbonyl (C=O) groups excluding carboxylic acids is 3. The largest absolute Gasteiger partial charge is 0.325 e. The second-order valence-electron chi connectivity index (χ2n) is 8.54. The first kappa shape index (κ1) is 24.3. The van der Waals surface area contributed by atoms with Gasteiger partial charge < -0.3 is 16.0 Å². The molecule has 0 spiro atoms. The molecular weight excluding hydrogens is 494 g/mol. The van der Waals surface area contributed by atoms with E-state index in [4.69, 9.17) is 5.73 Å². The molecule has 3 aromatic rings. The molecule has 5 rings (SSSR count). The van der Waals surface area contributed by atoms with E-state index in [1.54, 1.807) is 65.6 Å². The van der Waals surface area contributed by atoms with Crippen LogP contribution in [-0.4, -0.2) is 49.9 Å². The van der Waals surface area contributed by atoms with Gasteiger partial charge in [0.1, 0.15) is 6.34 Å². The van der Waals surface area contributed by atoms with Crippen molar-refractivity contribution < 1.29 is 22.8 Å². The zero-order valence-electron chi connectivity index (χ0n) is 19.6. The lowest BCUT2D eigenvalue weighted by Crippen LogP contribution is -2.34. The molecule has 2 aliphatic rings. The Bertz CT molecular complexity index is 1520. The third-order valence-electron chi connectivity index (χ3n) is 6.24. The van der Waals surface area contributed by atoms with Crippen LogP contribution in [0, 0.1) is 0 Å². The number of carbonyl (C=O) groups is 3. The summed E-state index contributed by atoms with van der Waals surface area (Å²) in [5, 5.41) is 2.62. The van der Waals surface area contributed by atoms with Crippen LogP contribution in [0.4, 0.5) is 11.4 Å². The van der Waals surface area contributed by atoms with Gasteiger partial charge >= 0.3 is 0 Å². The minimum Gasteiger partial charge on any atom is -0.325 e. The van der Waals surface area contributed by atoms with E-state index in [1.165, 1.54) is 12.1 Å². The molecule has 2 heterocycles. The monoisotopic (exact) mass is 517 g/mol. The Balaban J connectivity index is 1.34. The molecule has 37 heavy (non-hydrogen) atoms. The van der Waals surface area contributed by atoms with Crippen LogP contribution in [0.1, 0.15) is 27.5 Å². The van der Waals surface area contributed by atoms with Crippen LogP contribution < -0.4 is 16.0 Å². The number of anilines is 2. The number of rotatable bonds is 6. The van der Waals surface area contributed by atoms with Crippen LogP contribution >= 0.6 is 0 Å².